The fourth-order valence-electron chi connectivity index (χ4n) is 3.84. The minimum atomic E-state index is -3.98. The van der Waals surface area contributed by atoms with E-state index < -0.39 is 15.9 Å². The van der Waals surface area contributed by atoms with E-state index in [9.17, 15) is 13.2 Å². The number of nitrogens with zero attached hydrogens (tertiary/aromatic N) is 2. The minimum Gasteiger partial charge on any atom is -0.372 e. The van der Waals surface area contributed by atoms with Crippen molar-refractivity contribution in [3.63, 3.8) is 0 Å². The highest BCUT2D eigenvalue weighted by Gasteiger charge is 2.28. The number of nitrogens with one attached hydrogen (secondary N) is 1. The predicted octanol–water partition coefficient (Wildman–Crippen LogP) is 5.31. The molecule has 1 N–H and O–H groups in total. The third kappa shape index (κ3) is 6.55. The first kappa shape index (κ1) is 26.6. The lowest BCUT2D eigenvalue weighted by Gasteiger charge is -2.26. The van der Waals surface area contributed by atoms with Crippen LogP contribution in [0.4, 0.5) is 11.4 Å². The van der Waals surface area contributed by atoms with Gasteiger partial charge in [0.25, 0.3) is 10.0 Å². The summed E-state index contributed by atoms with van der Waals surface area (Å²) >= 11 is 6.09. The third-order valence-electron chi connectivity index (χ3n) is 5.88. The van der Waals surface area contributed by atoms with E-state index in [-0.39, 0.29) is 11.4 Å². The van der Waals surface area contributed by atoms with Gasteiger partial charge < -0.3 is 10.2 Å². The highest BCUT2D eigenvalue weighted by Crippen LogP contribution is 2.29. The van der Waals surface area contributed by atoms with E-state index in [1.54, 1.807) is 49.4 Å². The summed E-state index contributed by atoms with van der Waals surface area (Å²) in [5.74, 6) is -0.400. The van der Waals surface area contributed by atoms with Crippen LogP contribution in [0.2, 0.25) is 5.02 Å². The van der Waals surface area contributed by atoms with Crippen LogP contribution in [0.1, 0.15) is 30.5 Å². The van der Waals surface area contributed by atoms with Crippen molar-refractivity contribution in [1.29, 1.82) is 0 Å². The topological polar surface area (TPSA) is 69.7 Å². The summed E-state index contributed by atoms with van der Waals surface area (Å²) in [6.45, 7) is 9.66. The van der Waals surface area contributed by atoms with Gasteiger partial charge in [0.1, 0.15) is 6.54 Å². The Labute approximate surface area is 213 Å². The van der Waals surface area contributed by atoms with E-state index in [2.05, 4.69) is 24.1 Å². The average molecular weight is 514 g/mol. The molecule has 0 bridgehead atoms. The Hall–Kier alpha value is -3.03. The normalized spacial score (nSPS) is 11.2. The molecule has 0 fully saturated rings. The average Bonchev–Trinajstić information content (AvgIpc) is 2.83. The Balaban J connectivity index is 1.81. The first-order chi connectivity index (χ1) is 16.6. The van der Waals surface area contributed by atoms with E-state index in [1.807, 2.05) is 31.2 Å². The maximum Gasteiger partial charge on any atom is 0.264 e. The summed E-state index contributed by atoms with van der Waals surface area (Å²) in [7, 11) is -3.98. The van der Waals surface area contributed by atoms with E-state index >= 15 is 0 Å². The van der Waals surface area contributed by atoms with Crippen molar-refractivity contribution in [1.82, 2.24) is 5.32 Å². The molecule has 6 nitrogen and oxygen atoms in total. The lowest BCUT2D eigenvalue weighted by molar-refractivity contribution is -0.119. The molecule has 0 heterocycles. The highest BCUT2D eigenvalue weighted by atomic mass is 35.5. The zero-order chi connectivity index (χ0) is 25.6. The summed E-state index contributed by atoms with van der Waals surface area (Å²) < 4.78 is 28.3. The Morgan fingerprint density at radius 1 is 0.914 bits per heavy atom. The molecule has 186 valence electrons. The number of hydrogen-bond donors (Lipinski definition) is 1. The van der Waals surface area contributed by atoms with Gasteiger partial charge in [-0.1, -0.05) is 41.4 Å². The number of sulfonamides is 1. The maximum atomic E-state index is 13.6. The lowest BCUT2D eigenvalue weighted by atomic mass is 10.2. The second-order valence-corrected chi connectivity index (χ2v) is 10.7. The predicted molar refractivity (Wildman–Crippen MR) is 144 cm³/mol. The van der Waals surface area contributed by atoms with Crippen molar-refractivity contribution in [3.8, 4) is 0 Å². The molecule has 0 unspecified atom stereocenters. The first-order valence-corrected chi connectivity index (χ1v) is 13.4. The fourth-order valence-corrected chi connectivity index (χ4v) is 5.55. The molecule has 0 radical (unpaired) electrons. The first-order valence-electron chi connectivity index (χ1n) is 11.6. The summed E-state index contributed by atoms with van der Waals surface area (Å²) in [5, 5.41) is 3.35. The van der Waals surface area contributed by atoms with Gasteiger partial charge in [-0.3, -0.25) is 9.10 Å². The van der Waals surface area contributed by atoms with Gasteiger partial charge in [0.2, 0.25) is 5.91 Å². The number of carbonyl (C=O) groups is 1. The van der Waals surface area contributed by atoms with E-state index in [0.717, 1.165) is 34.2 Å². The van der Waals surface area contributed by atoms with Gasteiger partial charge in [0.15, 0.2) is 0 Å². The minimum absolute atomic E-state index is 0.122. The second kappa shape index (κ2) is 11.6. The van der Waals surface area contributed by atoms with Crippen molar-refractivity contribution in [2.45, 2.75) is 39.1 Å². The zero-order valence-electron chi connectivity index (χ0n) is 20.6. The van der Waals surface area contributed by atoms with Crippen molar-refractivity contribution in [3.05, 3.63) is 88.4 Å². The standard InChI is InChI=1S/C27H32ClN3O3S/c1-5-30(6-2)24-12-9-22(10-13-24)18-29-27(32)19-31(26-16-11-23(28)17-21(26)4)35(33,34)25-14-7-20(3)8-15-25/h7-17H,5-6,18-19H2,1-4H3,(H,29,32). The number of benzene rings is 3. The molecule has 3 rings (SSSR count). The van der Waals surface area contributed by atoms with Crippen molar-refractivity contribution in [2.24, 2.45) is 0 Å². The third-order valence-corrected chi connectivity index (χ3v) is 7.89. The van der Waals surface area contributed by atoms with Gasteiger partial charge in [-0.05, 0) is 81.3 Å². The number of hydrogen-bond acceptors (Lipinski definition) is 4. The second-order valence-electron chi connectivity index (χ2n) is 8.37. The van der Waals surface area contributed by atoms with Gasteiger partial charge in [-0.2, -0.15) is 0 Å². The van der Waals surface area contributed by atoms with E-state index in [4.69, 9.17) is 11.6 Å². The van der Waals surface area contributed by atoms with Crippen LogP contribution in [0.3, 0.4) is 0 Å². The highest BCUT2D eigenvalue weighted by molar-refractivity contribution is 7.92. The van der Waals surface area contributed by atoms with Crippen molar-refractivity contribution >= 4 is 38.9 Å². The molecule has 3 aromatic rings. The van der Waals surface area contributed by atoms with Crippen LogP contribution < -0.4 is 14.5 Å². The number of amides is 1. The molecule has 3 aromatic carbocycles. The van der Waals surface area contributed by atoms with Crippen LogP contribution in [-0.2, 0) is 21.4 Å². The Morgan fingerprint density at radius 2 is 1.54 bits per heavy atom. The molecular formula is C27H32ClN3O3S. The Morgan fingerprint density at radius 3 is 2.11 bits per heavy atom. The van der Waals surface area contributed by atoms with Crippen LogP contribution in [0.5, 0.6) is 0 Å². The monoisotopic (exact) mass is 513 g/mol. The van der Waals surface area contributed by atoms with Crippen LogP contribution in [0.25, 0.3) is 0 Å². The molecule has 0 atom stereocenters. The van der Waals surface area contributed by atoms with Gasteiger partial charge in [0.05, 0.1) is 10.6 Å². The fraction of sp³-hybridized carbons (Fsp3) is 0.296. The van der Waals surface area contributed by atoms with Crippen LogP contribution in [-0.4, -0.2) is 34.0 Å². The largest absolute Gasteiger partial charge is 0.372 e. The summed E-state index contributed by atoms with van der Waals surface area (Å²) in [6, 6.07) is 19.5. The number of aryl methyl sites for hydroxylation is 2. The Bertz CT molecular complexity index is 1260. The molecular weight excluding hydrogens is 482 g/mol. The summed E-state index contributed by atoms with van der Waals surface area (Å²) in [4.78, 5) is 15.3. The van der Waals surface area contributed by atoms with Gasteiger partial charge in [-0.25, -0.2) is 8.42 Å². The molecule has 8 heteroatoms. The lowest BCUT2D eigenvalue weighted by Crippen LogP contribution is -2.41. The molecule has 0 saturated heterocycles. The van der Waals surface area contributed by atoms with Crippen molar-refractivity contribution < 1.29 is 13.2 Å². The van der Waals surface area contributed by atoms with E-state index in [0.29, 0.717) is 22.8 Å². The number of rotatable bonds is 10. The molecule has 0 aliphatic heterocycles. The van der Waals surface area contributed by atoms with Gasteiger partial charge >= 0.3 is 0 Å². The molecule has 0 saturated carbocycles. The summed E-state index contributed by atoms with van der Waals surface area (Å²) in [6.07, 6.45) is 0. The number of anilines is 2. The van der Waals surface area contributed by atoms with Crippen LogP contribution >= 0.6 is 11.6 Å². The molecule has 0 spiro atoms. The summed E-state index contributed by atoms with van der Waals surface area (Å²) in [5.41, 5.74) is 4.08. The molecule has 0 aliphatic rings. The number of carbonyl (C=O) groups excluding carboxylic acids is 1. The quantitative estimate of drug-likeness (QED) is 0.398. The van der Waals surface area contributed by atoms with Crippen LogP contribution in [0, 0.1) is 13.8 Å². The number of halogens is 1. The smallest absolute Gasteiger partial charge is 0.264 e. The Kier molecular flexibility index (Phi) is 8.81. The SMILES string of the molecule is CCN(CC)c1ccc(CNC(=O)CN(c2ccc(Cl)cc2C)S(=O)(=O)c2ccc(C)cc2)cc1. The van der Waals surface area contributed by atoms with Gasteiger partial charge in [0, 0.05) is 30.3 Å². The van der Waals surface area contributed by atoms with E-state index in [1.165, 1.54) is 0 Å². The molecule has 0 aliphatic carbocycles. The van der Waals surface area contributed by atoms with Crippen molar-refractivity contribution in [2.75, 3.05) is 28.8 Å². The van der Waals surface area contributed by atoms with Crippen LogP contribution in [0.15, 0.2) is 71.6 Å². The zero-order valence-corrected chi connectivity index (χ0v) is 22.2. The molecule has 0 aromatic heterocycles. The molecule has 35 heavy (non-hydrogen) atoms. The maximum absolute atomic E-state index is 13.6. The van der Waals surface area contributed by atoms with Gasteiger partial charge in [-0.15, -0.1) is 0 Å². The molecule has 1 amide bonds.